The summed E-state index contributed by atoms with van der Waals surface area (Å²) in [6.07, 6.45) is 1.29. The standard InChI is InChI=1S/C14H12N4O3/c1-21-13-5-3-2-4-11(13)9-17-14-12(18(19)20)6-10(7-15)8-16-14/h2-6,8H,9H2,1H3,(H,16,17). The number of hydrogen-bond donors (Lipinski definition) is 1. The summed E-state index contributed by atoms with van der Waals surface area (Å²) in [5.74, 6) is 0.797. The predicted octanol–water partition coefficient (Wildman–Crippen LogP) is 2.48. The highest BCUT2D eigenvalue weighted by atomic mass is 16.6. The molecule has 0 unspecified atom stereocenters. The van der Waals surface area contributed by atoms with Crippen LogP contribution in [-0.2, 0) is 6.54 Å². The third-order valence-electron chi connectivity index (χ3n) is 2.83. The normalized spacial score (nSPS) is 9.71. The molecule has 0 aliphatic heterocycles. The Kier molecular flexibility index (Phi) is 4.31. The van der Waals surface area contributed by atoms with E-state index in [0.717, 1.165) is 5.56 Å². The predicted molar refractivity (Wildman–Crippen MR) is 75.9 cm³/mol. The SMILES string of the molecule is COc1ccccc1CNc1ncc(C#N)cc1[N+](=O)[O-]. The first-order valence-electron chi connectivity index (χ1n) is 6.06. The van der Waals surface area contributed by atoms with Gasteiger partial charge in [-0.05, 0) is 6.07 Å². The summed E-state index contributed by atoms with van der Waals surface area (Å²) in [6.45, 7) is 0.323. The average Bonchev–Trinajstić information content (AvgIpc) is 2.52. The molecule has 1 aromatic carbocycles. The van der Waals surface area contributed by atoms with Crippen molar-refractivity contribution in [3.8, 4) is 11.8 Å². The minimum absolute atomic E-state index is 0.116. The fourth-order valence-corrected chi connectivity index (χ4v) is 1.82. The summed E-state index contributed by atoms with van der Waals surface area (Å²) in [5, 5.41) is 22.7. The molecule has 7 nitrogen and oxygen atoms in total. The molecule has 0 aliphatic carbocycles. The van der Waals surface area contributed by atoms with Crippen LogP contribution in [0.5, 0.6) is 5.75 Å². The summed E-state index contributed by atoms with van der Waals surface area (Å²) in [7, 11) is 1.56. The Morgan fingerprint density at radius 3 is 2.90 bits per heavy atom. The number of aromatic nitrogens is 1. The molecule has 0 bridgehead atoms. The monoisotopic (exact) mass is 284 g/mol. The molecule has 0 radical (unpaired) electrons. The van der Waals surface area contributed by atoms with Gasteiger partial charge in [0.05, 0.1) is 17.6 Å². The van der Waals surface area contributed by atoms with Gasteiger partial charge in [0.1, 0.15) is 11.8 Å². The Morgan fingerprint density at radius 1 is 1.48 bits per heavy atom. The third-order valence-corrected chi connectivity index (χ3v) is 2.83. The van der Waals surface area contributed by atoms with Crippen molar-refractivity contribution in [3.05, 3.63) is 57.8 Å². The van der Waals surface area contributed by atoms with E-state index in [0.29, 0.717) is 12.3 Å². The number of methoxy groups -OCH3 is 1. The lowest BCUT2D eigenvalue weighted by Crippen LogP contribution is -2.06. The van der Waals surface area contributed by atoms with Gasteiger partial charge in [0.15, 0.2) is 0 Å². The van der Waals surface area contributed by atoms with Crippen molar-refractivity contribution in [2.75, 3.05) is 12.4 Å². The first-order chi connectivity index (χ1) is 10.2. The molecule has 1 heterocycles. The van der Waals surface area contributed by atoms with E-state index in [4.69, 9.17) is 10.00 Å². The number of para-hydroxylation sites is 1. The smallest absolute Gasteiger partial charge is 0.312 e. The molecular formula is C14H12N4O3. The second kappa shape index (κ2) is 6.34. The van der Waals surface area contributed by atoms with E-state index in [1.54, 1.807) is 13.2 Å². The van der Waals surface area contributed by atoms with Gasteiger partial charge in [0.2, 0.25) is 5.82 Å². The molecule has 106 valence electrons. The quantitative estimate of drug-likeness (QED) is 0.668. The topological polar surface area (TPSA) is 101 Å². The van der Waals surface area contributed by atoms with Gasteiger partial charge in [-0.25, -0.2) is 4.98 Å². The minimum Gasteiger partial charge on any atom is -0.496 e. The Hall–Kier alpha value is -3.14. The number of pyridine rings is 1. The second-order valence-corrected chi connectivity index (χ2v) is 4.13. The van der Waals surface area contributed by atoms with E-state index >= 15 is 0 Å². The first-order valence-corrected chi connectivity index (χ1v) is 6.06. The van der Waals surface area contributed by atoms with Crippen LogP contribution in [0.3, 0.4) is 0 Å². The van der Waals surface area contributed by atoms with E-state index in [2.05, 4.69) is 10.3 Å². The van der Waals surface area contributed by atoms with E-state index in [9.17, 15) is 10.1 Å². The van der Waals surface area contributed by atoms with Crippen molar-refractivity contribution in [1.29, 1.82) is 5.26 Å². The van der Waals surface area contributed by atoms with Gasteiger partial charge in [-0.2, -0.15) is 5.26 Å². The molecule has 2 aromatic rings. The largest absolute Gasteiger partial charge is 0.496 e. The summed E-state index contributed by atoms with van der Waals surface area (Å²) in [6, 6.07) is 10.4. The van der Waals surface area contributed by atoms with Crippen molar-refractivity contribution >= 4 is 11.5 Å². The molecule has 1 N–H and O–H groups in total. The highest BCUT2D eigenvalue weighted by molar-refractivity contribution is 5.58. The number of rotatable bonds is 5. The third kappa shape index (κ3) is 3.25. The van der Waals surface area contributed by atoms with E-state index < -0.39 is 4.92 Å². The zero-order valence-electron chi connectivity index (χ0n) is 11.2. The van der Waals surface area contributed by atoms with Crippen LogP contribution in [0.2, 0.25) is 0 Å². The second-order valence-electron chi connectivity index (χ2n) is 4.13. The van der Waals surface area contributed by atoms with E-state index in [-0.39, 0.29) is 17.1 Å². The molecular weight excluding hydrogens is 272 g/mol. The van der Waals surface area contributed by atoms with Crippen LogP contribution in [0, 0.1) is 21.4 Å². The molecule has 1 aromatic heterocycles. The summed E-state index contributed by atoms with van der Waals surface area (Å²) < 4.78 is 5.21. The van der Waals surface area contributed by atoms with Crippen LogP contribution < -0.4 is 10.1 Å². The molecule has 2 rings (SSSR count). The molecule has 7 heteroatoms. The van der Waals surface area contributed by atoms with Crippen LogP contribution in [0.1, 0.15) is 11.1 Å². The van der Waals surface area contributed by atoms with Gasteiger partial charge >= 0.3 is 5.69 Å². The summed E-state index contributed by atoms with van der Waals surface area (Å²) >= 11 is 0. The lowest BCUT2D eigenvalue weighted by molar-refractivity contribution is -0.384. The molecule has 0 aliphatic rings. The van der Waals surface area contributed by atoms with Crippen LogP contribution in [0.15, 0.2) is 36.5 Å². The summed E-state index contributed by atoms with van der Waals surface area (Å²) in [4.78, 5) is 14.4. The Balaban J connectivity index is 2.24. The van der Waals surface area contributed by atoms with Crippen LogP contribution in [0.25, 0.3) is 0 Å². The van der Waals surface area contributed by atoms with Gasteiger partial charge in [-0.3, -0.25) is 10.1 Å². The first kappa shape index (κ1) is 14.3. The summed E-state index contributed by atoms with van der Waals surface area (Å²) in [5.41, 5.74) is 0.758. The lowest BCUT2D eigenvalue weighted by atomic mass is 10.2. The van der Waals surface area contributed by atoms with Gasteiger partial charge in [0.25, 0.3) is 0 Å². The number of nitrogens with one attached hydrogen (secondary N) is 1. The van der Waals surface area contributed by atoms with E-state index in [1.807, 2.05) is 24.3 Å². The molecule has 21 heavy (non-hydrogen) atoms. The van der Waals surface area contributed by atoms with Crippen LogP contribution >= 0.6 is 0 Å². The molecule has 0 saturated heterocycles. The van der Waals surface area contributed by atoms with Crippen molar-refractivity contribution in [2.45, 2.75) is 6.54 Å². The van der Waals surface area contributed by atoms with Gasteiger partial charge in [-0.1, -0.05) is 18.2 Å². The number of nitriles is 1. The van der Waals surface area contributed by atoms with Crippen molar-refractivity contribution in [2.24, 2.45) is 0 Å². The lowest BCUT2D eigenvalue weighted by Gasteiger charge is -2.10. The highest BCUT2D eigenvalue weighted by Crippen LogP contribution is 2.24. The fourth-order valence-electron chi connectivity index (χ4n) is 1.82. The number of nitrogens with zero attached hydrogens (tertiary/aromatic N) is 3. The van der Waals surface area contributed by atoms with Crippen LogP contribution in [0.4, 0.5) is 11.5 Å². The van der Waals surface area contributed by atoms with Gasteiger partial charge in [-0.15, -0.1) is 0 Å². The maximum atomic E-state index is 11.0. The average molecular weight is 284 g/mol. The molecule has 0 spiro atoms. The van der Waals surface area contributed by atoms with E-state index in [1.165, 1.54) is 12.3 Å². The Bertz CT molecular complexity index is 710. The number of ether oxygens (including phenoxy) is 1. The molecule has 0 saturated carbocycles. The minimum atomic E-state index is -0.571. The van der Waals surface area contributed by atoms with Gasteiger partial charge in [0, 0.05) is 24.4 Å². The van der Waals surface area contributed by atoms with Crippen molar-refractivity contribution in [3.63, 3.8) is 0 Å². The molecule has 0 amide bonds. The van der Waals surface area contributed by atoms with Gasteiger partial charge < -0.3 is 10.1 Å². The van der Waals surface area contributed by atoms with Crippen molar-refractivity contribution in [1.82, 2.24) is 4.98 Å². The number of anilines is 1. The highest BCUT2D eigenvalue weighted by Gasteiger charge is 2.16. The Morgan fingerprint density at radius 2 is 2.24 bits per heavy atom. The molecule has 0 fully saturated rings. The maximum absolute atomic E-state index is 11.0. The maximum Gasteiger partial charge on any atom is 0.312 e. The zero-order valence-corrected chi connectivity index (χ0v) is 11.2. The zero-order chi connectivity index (χ0) is 15.2. The number of hydrogen-bond acceptors (Lipinski definition) is 6. The number of benzene rings is 1. The molecule has 0 atom stereocenters. The van der Waals surface area contributed by atoms with Crippen molar-refractivity contribution < 1.29 is 9.66 Å². The van der Waals surface area contributed by atoms with Crippen LogP contribution in [-0.4, -0.2) is 17.0 Å². The number of nitro groups is 1. The fraction of sp³-hybridized carbons (Fsp3) is 0.143. The Labute approximate surface area is 121 Å².